The van der Waals surface area contributed by atoms with Crippen LogP contribution < -0.4 is 14.4 Å². The third kappa shape index (κ3) is 6.31. The smallest absolute Gasteiger partial charge is 0.243 e. The zero-order chi connectivity index (χ0) is 19.9. The molecule has 2 rings (SSSR count). The Hall–Kier alpha value is -1.41. The maximum Gasteiger partial charge on any atom is 0.243 e. The van der Waals surface area contributed by atoms with Crippen LogP contribution in [-0.2, 0) is 14.8 Å². The summed E-state index contributed by atoms with van der Waals surface area (Å²) in [7, 11) is -2.11. The van der Waals surface area contributed by atoms with Gasteiger partial charge in [0.05, 0.1) is 19.1 Å². The van der Waals surface area contributed by atoms with Crippen molar-refractivity contribution in [3.63, 3.8) is 0 Å². The Morgan fingerprint density at radius 2 is 2.07 bits per heavy atom. The third-order valence-corrected chi connectivity index (χ3v) is 7.26. The molecule has 1 aromatic rings. The Kier molecular flexibility index (Phi) is 8.28. The highest BCUT2D eigenvalue weighted by Crippen LogP contribution is 2.29. The lowest BCUT2D eigenvalue weighted by atomic mass is 10.2. The van der Waals surface area contributed by atoms with Crippen molar-refractivity contribution in [2.45, 2.75) is 50.3 Å². The number of rotatable bonds is 10. The lowest BCUT2D eigenvalue weighted by Gasteiger charge is -2.30. The number of anilines is 1. The number of hydrogen-bond donors (Lipinski definition) is 1. The number of nitrogens with one attached hydrogen (secondary N) is 1. The van der Waals surface area contributed by atoms with E-state index in [4.69, 9.17) is 4.74 Å². The molecule has 1 aliphatic rings. The van der Waals surface area contributed by atoms with E-state index in [-0.39, 0.29) is 5.91 Å². The van der Waals surface area contributed by atoms with Crippen molar-refractivity contribution in [2.75, 3.05) is 30.0 Å². The van der Waals surface area contributed by atoms with Gasteiger partial charge in [-0.15, -0.1) is 0 Å². The van der Waals surface area contributed by atoms with E-state index in [1.54, 1.807) is 24.3 Å². The van der Waals surface area contributed by atoms with E-state index in [1.807, 2.05) is 18.7 Å². The summed E-state index contributed by atoms with van der Waals surface area (Å²) in [4.78, 5) is 12.7. The fourth-order valence-electron chi connectivity index (χ4n) is 3.38. The molecule has 0 heterocycles. The quantitative estimate of drug-likeness (QED) is 0.596. The van der Waals surface area contributed by atoms with Gasteiger partial charge in [0.15, 0.2) is 0 Å². The van der Waals surface area contributed by atoms with Crippen molar-refractivity contribution in [1.29, 1.82) is 0 Å². The summed E-state index contributed by atoms with van der Waals surface area (Å²) in [5.41, 5.74) is 0.430. The topological polar surface area (TPSA) is 75.7 Å². The molecule has 1 fully saturated rings. The van der Waals surface area contributed by atoms with Gasteiger partial charge in [-0.1, -0.05) is 25.8 Å². The fourth-order valence-corrected chi connectivity index (χ4v) is 5.80. The number of carbonyl (C=O) groups excluding carboxylic acids is 1. The molecule has 1 atom stereocenters. The first-order valence-electron chi connectivity index (χ1n) is 9.39. The van der Waals surface area contributed by atoms with Gasteiger partial charge in [0.25, 0.3) is 0 Å². The number of methoxy groups -OCH3 is 1. The molecule has 0 aromatic heterocycles. The number of thioether (sulfide) groups is 1. The minimum Gasteiger partial charge on any atom is -0.497 e. The van der Waals surface area contributed by atoms with Gasteiger partial charge in [0, 0.05) is 23.6 Å². The minimum atomic E-state index is -3.63. The Morgan fingerprint density at radius 3 is 2.67 bits per heavy atom. The van der Waals surface area contributed by atoms with Crippen molar-refractivity contribution in [3.8, 4) is 5.75 Å². The molecule has 0 saturated heterocycles. The van der Waals surface area contributed by atoms with Gasteiger partial charge in [-0.05, 0) is 31.4 Å². The summed E-state index contributed by atoms with van der Waals surface area (Å²) in [6.07, 6.45) is 6.61. The highest BCUT2D eigenvalue weighted by Gasteiger charge is 2.31. The van der Waals surface area contributed by atoms with E-state index >= 15 is 0 Å². The van der Waals surface area contributed by atoms with Gasteiger partial charge in [-0.25, -0.2) is 8.42 Å². The highest BCUT2D eigenvalue weighted by molar-refractivity contribution is 7.99. The van der Waals surface area contributed by atoms with Crippen LogP contribution in [0, 0.1) is 0 Å². The van der Waals surface area contributed by atoms with E-state index in [1.165, 1.54) is 37.1 Å². The summed E-state index contributed by atoms with van der Waals surface area (Å²) in [6, 6.07) is 5.98. The Morgan fingerprint density at radius 1 is 1.37 bits per heavy atom. The van der Waals surface area contributed by atoms with Gasteiger partial charge < -0.3 is 10.1 Å². The number of ether oxygens (including phenoxy) is 1. The Bertz CT molecular complexity index is 718. The standard InChI is InChI=1S/C19H30N2O4S2/c1-4-18(19(22)20-12-13-26-17-10-5-6-11-17)21(27(3,23)24)15-8-7-9-16(14-15)25-2/h7-9,14,17-18H,4-6,10-13H2,1-3H3,(H,20,22)/t18-/m0/s1. The SMILES string of the molecule is CC[C@@H](C(=O)NCCSC1CCCC1)N(c1cccc(OC)c1)S(C)(=O)=O. The molecule has 1 aromatic carbocycles. The third-order valence-electron chi connectivity index (χ3n) is 4.69. The molecule has 0 aliphatic heterocycles. The molecule has 1 aliphatic carbocycles. The van der Waals surface area contributed by atoms with Crippen LogP contribution in [0.2, 0.25) is 0 Å². The van der Waals surface area contributed by atoms with Crippen LogP contribution >= 0.6 is 11.8 Å². The molecule has 0 unspecified atom stereocenters. The normalized spacial score (nSPS) is 16.1. The predicted octanol–water partition coefficient (Wildman–Crippen LogP) is 3.03. The van der Waals surface area contributed by atoms with E-state index in [0.717, 1.165) is 12.0 Å². The number of hydrogen-bond acceptors (Lipinski definition) is 5. The van der Waals surface area contributed by atoms with Crippen molar-refractivity contribution in [2.24, 2.45) is 0 Å². The van der Waals surface area contributed by atoms with Crippen LogP contribution in [0.4, 0.5) is 5.69 Å². The average Bonchev–Trinajstić information content (AvgIpc) is 3.15. The maximum atomic E-state index is 12.7. The van der Waals surface area contributed by atoms with Crippen LogP contribution in [0.25, 0.3) is 0 Å². The predicted molar refractivity (Wildman–Crippen MR) is 112 cm³/mol. The largest absolute Gasteiger partial charge is 0.497 e. The van der Waals surface area contributed by atoms with E-state index < -0.39 is 16.1 Å². The van der Waals surface area contributed by atoms with Gasteiger partial charge in [-0.2, -0.15) is 11.8 Å². The summed E-state index contributed by atoms with van der Waals surface area (Å²) in [5.74, 6) is 1.13. The molecule has 1 N–H and O–H groups in total. The van der Waals surface area contributed by atoms with Crippen LogP contribution in [0.15, 0.2) is 24.3 Å². The number of sulfonamides is 1. The Labute approximate surface area is 167 Å². The molecule has 6 nitrogen and oxygen atoms in total. The summed E-state index contributed by atoms with van der Waals surface area (Å²) in [5, 5.41) is 3.61. The van der Waals surface area contributed by atoms with Crippen LogP contribution in [0.3, 0.4) is 0 Å². The molecular weight excluding hydrogens is 384 g/mol. The molecule has 0 spiro atoms. The fraction of sp³-hybridized carbons (Fsp3) is 0.632. The first kappa shape index (κ1) is 21.9. The molecule has 0 bridgehead atoms. The van der Waals surface area contributed by atoms with E-state index in [9.17, 15) is 13.2 Å². The maximum absolute atomic E-state index is 12.7. The summed E-state index contributed by atoms with van der Waals surface area (Å²) in [6.45, 7) is 2.36. The van der Waals surface area contributed by atoms with Crippen molar-refractivity contribution in [3.05, 3.63) is 24.3 Å². The average molecular weight is 415 g/mol. The molecule has 27 heavy (non-hydrogen) atoms. The zero-order valence-corrected chi connectivity index (χ0v) is 17.9. The van der Waals surface area contributed by atoms with Gasteiger partial charge in [0.1, 0.15) is 11.8 Å². The minimum absolute atomic E-state index is 0.266. The van der Waals surface area contributed by atoms with Gasteiger partial charge in [0.2, 0.25) is 15.9 Å². The van der Waals surface area contributed by atoms with E-state index in [2.05, 4.69) is 5.32 Å². The van der Waals surface area contributed by atoms with Crippen LogP contribution in [0.1, 0.15) is 39.0 Å². The molecule has 1 amide bonds. The van der Waals surface area contributed by atoms with E-state index in [0.29, 0.717) is 29.7 Å². The lowest BCUT2D eigenvalue weighted by molar-refractivity contribution is -0.122. The second kappa shape index (κ2) is 10.2. The number of amides is 1. The summed E-state index contributed by atoms with van der Waals surface area (Å²) >= 11 is 1.90. The second-order valence-corrected chi connectivity index (χ2v) is 10.0. The van der Waals surface area contributed by atoms with Crippen molar-refractivity contribution in [1.82, 2.24) is 5.32 Å². The lowest BCUT2D eigenvalue weighted by Crippen LogP contribution is -2.49. The molecule has 0 radical (unpaired) electrons. The highest BCUT2D eigenvalue weighted by atomic mass is 32.2. The molecule has 8 heteroatoms. The first-order valence-corrected chi connectivity index (χ1v) is 12.3. The number of carbonyl (C=O) groups is 1. The van der Waals surface area contributed by atoms with Gasteiger partial charge in [-0.3, -0.25) is 9.10 Å². The van der Waals surface area contributed by atoms with Crippen molar-refractivity contribution < 1.29 is 17.9 Å². The van der Waals surface area contributed by atoms with Crippen LogP contribution in [-0.4, -0.2) is 51.3 Å². The number of nitrogens with zero attached hydrogens (tertiary/aromatic N) is 1. The zero-order valence-electron chi connectivity index (χ0n) is 16.3. The molecule has 1 saturated carbocycles. The van der Waals surface area contributed by atoms with Crippen molar-refractivity contribution >= 4 is 33.4 Å². The summed E-state index contributed by atoms with van der Waals surface area (Å²) < 4.78 is 31.3. The van der Waals surface area contributed by atoms with Gasteiger partial charge >= 0.3 is 0 Å². The molecular formula is C19H30N2O4S2. The Balaban J connectivity index is 2.05. The number of benzene rings is 1. The monoisotopic (exact) mass is 414 g/mol. The van der Waals surface area contributed by atoms with Crippen LogP contribution in [0.5, 0.6) is 5.75 Å². The first-order chi connectivity index (χ1) is 12.9. The molecule has 152 valence electrons. The second-order valence-electron chi connectivity index (χ2n) is 6.75.